The average molecular weight is 259 g/mol. The van der Waals surface area contributed by atoms with E-state index in [2.05, 4.69) is 29.8 Å². The van der Waals surface area contributed by atoms with Crippen molar-refractivity contribution in [2.24, 2.45) is 0 Å². The normalized spacial score (nSPS) is 24.8. The largest absolute Gasteiger partial charge is 0.394 e. The molecule has 102 valence electrons. The maximum atomic E-state index is 9.64. The molecule has 1 N–H and O–H groups in total. The van der Waals surface area contributed by atoms with E-state index in [1.807, 2.05) is 24.3 Å². The van der Waals surface area contributed by atoms with Gasteiger partial charge in [-0.15, -0.1) is 0 Å². The van der Waals surface area contributed by atoms with Crippen LogP contribution in [0.1, 0.15) is 18.9 Å². The zero-order valence-corrected chi connectivity index (χ0v) is 11.6. The van der Waals surface area contributed by atoms with Crippen molar-refractivity contribution in [3.8, 4) is 6.07 Å². The summed E-state index contributed by atoms with van der Waals surface area (Å²) in [5.74, 6) is 0. The molecule has 19 heavy (non-hydrogen) atoms. The third-order valence-corrected chi connectivity index (χ3v) is 4.00. The fraction of sp³-hybridized carbons (Fsp3) is 0.533. The van der Waals surface area contributed by atoms with Crippen LogP contribution >= 0.6 is 0 Å². The van der Waals surface area contributed by atoms with Gasteiger partial charge in [-0.3, -0.25) is 0 Å². The summed E-state index contributed by atoms with van der Waals surface area (Å²) in [5, 5.41) is 18.6. The topological polar surface area (TPSA) is 50.5 Å². The molecule has 1 aromatic rings. The summed E-state index contributed by atoms with van der Waals surface area (Å²) in [5.41, 5.74) is 1.69. The molecule has 1 aromatic carbocycles. The molecule has 2 atom stereocenters. The van der Waals surface area contributed by atoms with Gasteiger partial charge in [0.05, 0.1) is 24.3 Å². The average Bonchev–Trinajstić information content (AvgIpc) is 2.59. The van der Waals surface area contributed by atoms with Crippen molar-refractivity contribution in [1.29, 1.82) is 5.26 Å². The number of hydrogen-bond acceptors (Lipinski definition) is 4. The van der Waals surface area contributed by atoms with Gasteiger partial charge in [-0.05, 0) is 38.6 Å². The van der Waals surface area contributed by atoms with Crippen molar-refractivity contribution in [3.63, 3.8) is 0 Å². The molecule has 0 spiro atoms. The number of rotatable bonds is 2. The SMILES string of the molecule is CC1CCN(c2cccc(C#N)c2)C(CO)CN1C. The zero-order chi connectivity index (χ0) is 13.8. The van der Waals surface area contributed by atoms with Crippen LogP contribution in [-0.2, 0) is 0 Å². The van der Waals surface area contributed by atoms with Crippen LogP contribution in [0.4, 0.5) is 5.69 Å². The molecule has 0 bridgehead atoms. The Morgan fingerprint density at radius 2 is 2.26 bits per heavy atom. The van der Waals surface area contributed by atoms with Gasteiger partial charge in [0, 0.05) is 24.8 Å². The van der Waals surface area contributed by atoms with E-state index in [1.54, 1.807) is 0 Å². The summed E-state index contributed by atoms with van der Waals surface area (Å²) < 4.78 is 0. The fourth-order valence-corrected chi connectivity index (χ4v) is 2.59. The molecule has 1 heterocycles. The number of anilines is 1. The third kappa shape index (κ3) is 3.06. The highest BCUT2D eigenvalue weighted by Crippen LogP contribution is 2.23. The Morgan fingerprint density at radius 3 is 2.95 bits per heavy atom. The summed E-state index contributed by atoms with van der Waals surface area (Å²) in [6.45, 7) is 4.09. The molecule has 2 unspecified atom stereocenters. The molecule has 0 aromatic heterocycles. The minimum absolute atomic E-state index is 0.0869. The molecule has 0 amide bonds. The van der Waals surface area contributed by atoms with E-state index in [-0.39, 0.29) is 12.6 Å². The molecule has 1 saturated heterocycles. The Balaban J connectivity index is 2.27. The highest BCUT2D eigenvalue weighted by molar-refractivity contribution is 5.52. The van der Waals surface area contributed by atoms with Crippen LogP contribution in [0.5, 0.6) is 0 Å². The van der Waals surface area contributed by atoms with Gasteiger partial charge in [0.15, 0.2) is 0 Å². The molecule has 1 fully saturated rings. The van der Waals surface area contributed by atoms with Crippen molar-refractivity contribution in [2.45, 2.75) is 25.4 Å². The third-order valence-electron chi connectivity index (χ3n) is 4.00. The molecule has 1 aliphatic rings. The lowest BCUT2D eigenvalue weighted by Crippen LogP contribution is -2.43. The minimum Gasteiger partial charge on any atom is -0.394 e. The van der Waals surface area contributed by atoms with Gasteiger partial charge in [0.25, 0.3) is 0 Å². The van der Waals surface area contributed by atoms with Gasteiger partial charge >= 0.3 is 0 Å². The van der Waals surface area contributed by atoms with Gasteiger partial charge in [0.2, 0.25) is 0 Å². The Labute approximate surface area is 114 Å². The van der Waals surface area contributed by atoms with E-state index < -0.39 is 0 Å². The first-order valence-electron chi connectivity index (χ1n) is 6.73. The summed E-state index contributed by atoms with van der Waals surface area (Å²) in [6.07, 6.45) is 1.06. The summed E-state index contributed by atoms with van der Waals surface area (Å²) in [4.78, 5) is 4.51. The molecule has 4 heteroatoms. The van der Waals surface area contributed by atoms with Crippen molar-refractivity contribution < 1.29 is 5.11 Å². The smallest absolute Gasteiger partial charge is 0.0992 e. The van der Waals surface area contributed by atoms with Crippen molar-refractivity contribution in [1.82, 2.24) is 4.90 Å². The number of likely N-dealkylation sites (N-methyl/N-ethyl adjacent to an activating group) is 1. The van der Waals surface area contributed by atoms with E-state index in [0.717, 1.165) is 25.2 Å². The van der Waals surface area contributed by atoms with Crippen LogP contribution < -0.4 is 4.90 Å². The lowest BCUT2D eigenvalue weighted by molar-refractivity contribution is 0.206. The number of benzene rings is 1. The first kappa shape index (κ1) is 13.9. The predicted molar refractivity (Wildman–Crippen MR) is 76.1 cm³/mol. The number of nitrogens with zero attached hydrogens (tertiary/aromatic N) is 3. The number of aliphatic hydroxyl groups excluding tert-OH is 1. The molecule has 1 aliphatic heterocycles. The highest BCUT2D eigenvalue weighted by Gasteiger charge is 2.26. The molecule has 0 radical (unpaired) electrons. The summed E-state index contributed by atoms with van der Waals surface area (Å²) >= 11 is 0. The van der Waals surface area contributed by atoms with Crippen molar-refractivity contribution >= 4 is 5.69 Å². The molecule has 4 nitrogen and oxygen atoms in total. The van der Waals surface area contributed by atoms with Crippen LogP contribution in [0, 0.1) is 11.3 Å². The fourth-order valence-electron chi connectivity index (χ4n) is 2.59. The van der Waals surface area contributed by atoms with Crippen LogP contribution in [0.3, 0.4) is 0 Å². The monoisotopic (exact) mass is 259 g/mol. The Bertz CT molecular complexity index is 469. The second-order valence-electron chi connectivity index (χ2n) is 5.27. The molecule has 2 rings (SSSR count). The van der Waals surface area contributed by atoms with Crippen molar-refractivity contribution in [3.05, 3.63) is 29.8 Å². The summed E-state index contributed by atoms with van der Waals surface area (Å²) in [6, 6.07) is 10.4. The van der Waals surface area contributed by atoms with Gasteiger partial charge < -0.3 is 14.9 Å². The van der Waals surface area contributed by atoms with Gasteiger partial charge in [-0.25, -0.2) is 0 Å². The van der Waals surface area contributed by atoms with Crippen molar-refractivity contribution in [2.75, 3.05) is 31.6 Å². The second-order valence-corrected chi connectivity index (χ2v) is 5.27. The lowest BCUT2D eigenvalue weighted by atomic mass is 10.1. The van der Waals surface area contributed by atoms with E-state index in [9.17, 15) is 5.11 Å². The van der Waals surface area contributed by atoms with E-state index >= 15 is 0 Å². The van der Waals surface area contributed by atoms with E-state index in [1.165, 1.54) is 0 Å². The number of aliphatic hydroxyl groups is 1. The van der Waals surface area contributed by atoms with E-state index in [0.29, 0.717) is 11.6 Å². The molecular formula is C15H21N3O. The Hall–Kier alpha value is -1.57. The van der Waals surface area contributed by atoms with Crippen LogP contribution in [0.15, 0.2) is 24.3 Å². The van der Waals surface area contributed by atoms with E-state index in [4.69, 9.17) is 5.26 Å². The van der Waals surface area contributed by atoms with Crippen LogP contribution in [0.25, 0.3) is 0 Å². The maximum absolute atomic E-state index is 9.64. The molecular weight excluding hydrogens is 238 g/mol. The van der Waals surface area contributed by atoms with Gasteiger partial charge in [0.1, 0.15) is 0 Å². The predicted octanol–water partition coefficient (Wildman–Crippen LogP) is 1.45. The quantitative estimate of drug-likeness (QED) is 0.873. The maximum Gasteiger partial charge on any atom is 0.0992 e. The first-order valence-corrected chi connectivity index (χ1v) is 6.73. The first-order chi connectivity index (χ1) is 9.15. The standard InChI is InChI=1S/C15H21N3O/c1-12-6-7-18(15(11-19)10-17(12)2)14-5-3-4-13(8-14)9-16/h3-5,8,12,15,19H,6-7,10-11H2,1-2H3. The lowest BCUT2D eigenvalue weighted by Gasteiger charge is -2.31. The summed E-state index contributed by atoms with van der Waals surface area (Å²) in [7, 11) is 2.10. The Morgan fingerprint density at radius 1 is 1.47 bits per heavy atom. The van der Waals surface area contributed by atoms with Gasteiger partial charge in [-0.1, -0.05) is 6.07 Å². The molecule has 0 saturated carbocycles. The van der Waals surface area contributed by atoms with Crippen LogP contribution in [-0.4, -0.2) is 48.8 Å². The highest BCUT2D eigenvalue weighted by atomic mass is 16.3. The number of nitriles is 1. The zero-order valence-electron chi connectivity index (χ0n) is 11.6. The Kier molecular flexibility index (Phi) is 4.41. The minimum atomic E-state index is 0.0869. The second kappa shape index (κ2) is 6.05. The molecule has 0 aliphatic carbocycles. The number of hydrogen-bond donors (Lipinski definition) is 1. The van der Waals surface area contributed by atoms with Gasteiger partial charge in [-0.2, -0.15) is 5.26 Å². The van der Waals surface area contributed by atoms with Crippen LogP contribution in [0.2, 0.25) is 0 Å².